The van der Waals surface area contributed by atoms with E-state index in [9.17, 15) is 10.1 Å². The van der Waals surface area contributed by atoms with Crippen molar-refractivity contribution in [2.24, 2.45) is 0 Å². The minimum atomic E-state index is -0.434. The van der Waals surface area contributed by atoms with Crippen LogP contribution in [-0.2, 0) is 0 Å². The van der Waals surface area contributed by atoms with Crippen LogP contribution in [0.15, 0.2) is 18.2 Å². The first-order valence-electron chi connectivity index (χ1n) is 4.76. The number of hydrogen-bond donors (Lipinski definition) is 1. The van der Waals surface area contributed by atoms with Gasteiger partial charge in [-0.15, -0.1) is 0 Å². The number of nitro groups is 1. The lowest BCUT2D eigenvalue weighted by molar-refractivity contribution is -0.384. The van der Waals surface area contributed by atoms with Crippen molar-refractivity contribution in [1.29, 1.82) is 0 Å². The molecule has 0 spiro atoms. The molecule has 1 aromatic carbocycles. The summed E-state index contributed by atoms with van der Waals surface area (Å²) in [5, 5.41) is 13.8. The first-order chi connectivity index (χ1) is 7.20. The first-order valence-corrected chi connectivity index (χ1v) is 4.76. The Morgan fingerprint density at radius 3 is 2.80 bits per heavy atom. The van der Waals surface area contributed by atoms with Gasteiger partial charge in [-0.05, 0) is 18.6 Å². The van der Waals surface area contributed by atoms with E-state index in [1.807, 2.05) is 6.92 Å². The molecule has 5 heteroatoms. The van der Waals surface area contributed by atoms with Crippen molar-refractivity contribution in [2.75, 3.05) is 19.0 Å². The van der Waals surface area contributed by atoms with Gasteiger partial charge in [0, 0.05) is 6.54 Å². The summed E-state index contributed by atoms with van der Waals surface area (Å²) < 4.78 is 4.95. The van der Waals surface area contributed by atoms with Gasteiger partial charge in [-0.25, -0.2) is 0 Å². The largest absolute Gasteiger partial charge is 0.490 e. The molecule has 0 atom stereocenters. The van der Waals surface area contributed by atoms with Crippen LogP contribution in [0.1, 0.15) is 13.3 Å². The number of hydrogen-bond acceptors (Lipinski definition) is 4. The highest BCUT2D eigenvalue weighted by atomic mass is 16.6. The number of benzene rings is 1. The second-order valence-electron chi connectivity index (χ2n) is 3.04. The van der Waals surface area contributed by atoms with Gasteiger partial charge in [-0.1, -0.05) is 13.0 Å². The maximum atomic E-state index is 10.9. The standard InChI is InChI=1S/C10H14N2O3/c1-3-7-11-8-5-4-6-9(15-2)10(8)12(13)14/h4-6,11H,3,7H2,1-2H3. The van der Waals surface area contributed by atoms with Crippen LogP contribution in [0.2, 0.25) is 0 Å². The summed E-state index contributed by atoms with van der Waals surface area (Å²) in [6.45, 7) is 2.70. The van der Waals surface area contributed by atoms with Gasteiger partial charge in [0.05, 0.1) is 12.0 Å². The molecule has 0 bridgehead atoms. The summed E-state index contributed by atoms with van der Waals surface area (Å²) in [6, 6.07) is 4.98. The quantitative estimate of drug-likeness (QED) is 0.598. The molecule has 5 nitrogen and oxygen atoms in total. The number of ether oxygens (including phenoxy) is 1. The molecule has 0 aliphatic heterocycles. The SMILES string of the molecule is CCCNc1cccc(OC)c1[N+](=O)[O-]. The Kier molecular flexibility index (Phi) is 3.91. The molecule has 0 aliphatic rings. The van der Waals surface area contributed by atoms with Crippen molar-refractivity contribution in [3.8, 4) is 5.75 Å². The molecule has 0 aliphatic carbocycles. The maximum Gasteiger partial charge on any atom is 0.333 e. The van der Waals surface area contributed by atoms with E-state index in [4.69, 9.17) is 4.74 Å². The van der Waals surface area contributed by atoms with Crippen LogP contribution in [0.4, 0.5) is 11.4 Å². The summed E-state index contributed by atoms with van der Waals surface area (Å²) in [7, 11) is 1.42. The molecule has 0 radical (unpaired) electrons. The van der Waals surface area contributed by atoms with Crippen LogP contribution in [0.5, 0.6) is 5.75 Å². The minimum absolute atomic E-state index is 0.00606. The fraction of sp³-hybridized carbons (Fsp3) is 0.400. The van der Waals surface area contributed by atoms with Crippen LogP contribution in [0, 0.1) is 10.1 Å². The van der Waals surface area contributed by atoms with Crippen molar-refractivity contribution in [1.82, 2.24) is 0 Å². The number of nitro benzene ring substituents is 1. The summed E-state index contributed by atoms with van der Waals surface area (Å²) in [4.78, 5) is 10.4. The van der Waals surface area contributed by atoms with Crippen molar-refractivity contribution < 1.29 is 9.66 Å². The average molecular weight is 210 g/mol. The molecule has 0 amide bonds. The van der Waals surface area contributed by atoms with Crippen molar-refractivity contribution in [3.05, 3.63) is 28.3 Å². The lowest BCUT2D eigenvalue weighted by Gasteiger charge is -2.08. The molecule has 15 heavy (non-hydrogen) atoms. The van der Waals surface area contributed by atoms with Gasteiger partial charge in [-0.3, -0.25) is 10.1 Å². The predicted molar refractivity (Wildman–Crippen MR) is 58.4 cm³/mol. The summed E-state index contributed by atoms with van der Waals surface area (Å²) >= 11 is 0. The Labute approximate surface area is 88.2 Å². The molecule has 82 valence electrons. The minimum Gasteiger partial charge on any atom is -0.490 e. The van der Waals surface area contributed by atoms with Crippen LogP contribution >= 0.6 is 0 Å². The lowest BCUT2D eigenvalue weighted by atomic mass is 10.2. The third-order valence-electron chi connectivity index (χ3n) is 1.97. The second-order valence-corrected chi connectivity index (χ2v) is 3.04. The van der Waals surface area contributed by atoms with Gasteiger partial charge in [-0.2, -0.15) is 0 Å². The van der Waals surface area contributed by atoms with Crippen LogP contribution in [0.3, 0.4) is 0 Å². The zero-order valence-electron chi connectivity index (χ0n) is 8.82. The fourth-order valence-electron chi connectivity index (χ4n) is 1.28. The average Bonchev–Trinajstić information content (AvgIpc) is 2.25. The van der Waals surface area contributed by atoms with E-state index in [1.165, 1.54) is 7.11 Å². The van der Waals surface area contributed by atoms with Gasteiger partial charge < -0.3 is 10.1 Å². The Morgan fingerprint density at radius 1 is 1.53 bits per heavy atom. The molecule has 1 N–H and O–H groups in total. The van der Waals surface area contributed by atoms with Gasteiger partial charge in [0.1, 0.15) is 5.69 Å². The predicted octanol–water partition coefficient (Wildman–Crippen LogP) is 2.43. The third-order valence-corrected chi connectivity index (χ3v) is 1.97. The zero-order chi connectivity index (χ0) is 11.3. The van der Waals surface area contributed by atoms with E-state index in [-0.39, 0.29) is 11.4 Å². The van der Waals surface area contributed by atoms with E-state index in [2.05, 4.69) is 5.32 Å². The maximum absolute atomic E-state index is 10.9. The summed E-state index contributed by atoms with van der Waals surface area (Å²) in [5.74, 6) is 0.279. The van der Waals surface area contributed by atoms with Crippen LogP contribution < -0.4 is 10.1 Å². The topological polar surface area (TPSA) is 64.4 Å². The van der Waals surface area contributed by atoms with Gasteiger partial charge in [0.2, 0.25) is 0 Å². The van der Waals surface area contributed by atoms with E-state index >= 15 is 0 Å². The molecule has 0 saturated carbocycles. The zero-order valence-corrected chi connectivity index (χ0v) is 8.82. The summed E-state index contributed by atoms with van der Waals surface area (Å²) in [6.07, 6.45) is 0.911. The Hall–Kier alpha value is -1.78. The molecule has 0 heterocycles. The van der Waals surface area contributed by atoms with E-state index in [1.54, 1.807) is 18.2 Å². The van der Waals surface area contributed by atoms with Crippen LogP contribution in [-0.4, -0.2) is 18.6 Å². The van der Waals surface area contributed by atoms with Gasteiger partial charge in [0.25, 0.3) is 0 Å². The molecule has 0 saturated heterocycles. The highest BCUT2D eigenvalue weighted by molar-refractivity contribution is 5.68. The Bertz CT molecular complexity index is 353. The van der Waals surface area contributed by atoms with Crippen molar-refractivity contribution in [2.45, 2.75) is 13.3 Å². The first kappa shape index (κ1) is 11.3. The monoisotopic (exact) mass is 210 g/mol. The molecular formula is C10H14N2O3. The Balaban J connectivity index is 3.07. The second kappa shape index (κ2) is 5.19. The highest BCUT2D eigenvalue weighted by Crippen LogP contribution is 2.34. The molecule has 1 aromatic rings. The highest BCUT2D eigenvalue weighted by Gasteiger charge is 2.19. The summed E-state index contributed by atoms with van der Waals surface area (Å²) in [5.41, 5.74) is 0.495. The third kappa shape index (κ3) is 2.59. The number of anilines is 1. The molecule has 0 aromatic heterocycles. The normalized spacial score (nSPS) is 9.73. The number of methoxy groups -OCH3 is 1. The fourth-order valence-corrected chi connectivity index (χ4v) is 1.28. The smallest absolute Gasteiger partial charge is 0.333 e. The van der Waals surface area contributed by atoms with Crippen molar-refractivity contribution in [3.63, 3.8) is 0 Å². The number of rotatable bonds is 5. The van der Waals surface area contributed by atoms with Crippen molar-refractivity contribution >= 4 is 11.4 Å². The van der Waals surface area contributed by atoms with E-state index in [0.717, 1.165) is 6.42 Å². The van der Waals surface area contributed by atoms with Gasteiger partial charge in [0.15, 0.2) is 5.75 Å². The molecular weight excluding hydrogens is 196 g/mol. The Morgan fingerprint density at radius 2 is 2.27 bits per heavy atom. The molecule has 1 rings (SSSR count). The lowest BCUT2D eigenvalue weighted by Crippen LogP contribution is -2.04. The van der Waals surface area contributed by atoms with Gasteiger partial charge >= 0.3 is 5.69 Å². The van der Waals surface area contributed by atoms with Crippen LogP contribution in [0.25, 0.3) is 0 Å². The number of nitrogens with one attached hydrogen (secondary N) is 1. The number of para-hydroxylation sites is 1. The molecule has 0 unspecified atom stereocenters. The molecule has 0 fully saturated rings. The van der Waals surface area contributed by atoms with E-state index < -0.39 is 4.92 Å². The van der Waals surface area contributed by atoms with E-state index in [0.29, 0.717) is 12.2 Å². The number of nitrogens with zero attached hydrogens (tertiary/aromatic N) is 1.